The molecule has 1 unspecified atom stereocenters. The highest BCUT2D eigenvalue weighted by Gasteiger charge is 2.34. The van der Waals surface area contributed by atoms with Crippen LogP contribution in [-0.2, 0) is 4.74 Å². The molecule has 1 aliphatic carbocycles. The van der Waals surface area contributed by atoms with Crippen molar-refractivity contribution in [3.8, 4) is 0 Å². The first-order valence-corrected chi connectivity index (χ1v) is 8.21. The molecule has 19 heavy (non-hydrogen) atoms. The highest BCUT2D eigenvalue weighted by Crippen LogP contribution is 2.36. The van der Waals surface area contributed by atoms with Gasteiger partial charge >= 0.3 is 0 Å². The topological polar surface area (TPSA) is 29.5 Å². The molecule has 1 amide bonds. The third kappa shape index (κ3) is 3.58. The number of carbonyl (C=O) groups excluding carboxylic acids is 1. The molecule has 0 saturated heterocycles. The van der Waals surface area contributed by atoms with Crippen LogP contribution in [0.4, 0.5) is 0 Å². The van der Waals surface area contributed by atoms with Crippen molar-refractivity contribution in [3.63, 3.8) is 0 Å². The predicted octanol–water partition coefficient (Wildman–Crippen LogP) is 3.71. The van der Waals surface area contributed by atoms with Crippen LogP contribution in [-0.4, -0.2) is 37.1 Å². The van der Waals surface area contributed by atoms with Crippen LogP contribution < -0.4 is 0 Å². The normalized spacial score (nSPS) is 16.4. The van der Waals surface area contributed by atoms with Crippen LogP contribution >= 0.6 is 27.3 Å². The molecule has 1 aliphatic rings. The predicted molar refractivity (Wildman–Crippen MR) is 81.9 cm³/mol. The van der Waals surface area contributed by atoms with E-state index in [1.807, 2.05) is 17.9 Å². The van der Waals surface area contributed by atoms with Gasteiger partial charge < -0.3 is 9.64 Å². The molecule has 0 spiro atoms. The van der Waals surface area contributed by atoms with Gasteiger partial charge in [0.15, 0.2) is 0 Å². The van der Waals surface area contributed by atoms with E-state index >= 15 is 0 Å². The van der Waals surface area contributed by atoms with Gasteiger partial charge in [-0.15, -0.1) is 11.3 Å². The summed E-state index contributed by atoms with van der Waals surface area (Å²) < 4.78 is 6.18. The fourth-order valence-corrected chi connectivity index (χ4v) is 3.71. The summed E-state index contributed by atoms with van der Waals surface area (Å²) in [5.41, 5.74) is 1.12. The van der Waals surface area contributed by atoms with E-state index in [1.54, 1.807) is 7.11 Å². The number of amides is 1. The molecule has 2 rings (SSSR count). The van der Waals surface area contributed by atoms with Crippen LogP contribution in [0.1, 0.15) is 35.0 Å². The summed E-state index contributed by atoms with van der Waals surface area (Å²) in [6.45, 7) is 5.43. The molecule has 5 heteroatoms. The van der Waals surface area contributed by atoms with Crippen molar-refractivity contribution in [2.24, 2.45) is 5.92 Å². The zero-order chi connectivity index (χ0) is 14.0. The van der Waals surface area contributed by atoms with Crippen LogP contribution in [0.5, 0.6) is 0 Å². The first-order chi connectivity index (χ1) is 9.04. The number of rotatable bonds is 6. The number of methoxy groups -OCH3 is 1. The van der Waals surface area contributed by atoms with Crippen LogP contribution in [0.3, 0.4) is 0 Å². The lowest BCUT2D eigenvalue weighted by Gasteiger charge is -2.28. The number of hydrogen-bond donors (Lipinski definition) is 0. The average molecular weight is 346 g/mol. The van der Waals surface area contributed by atoms with Gasteiger partial charge in [0.25, 0.3) is 5.91 Å². The van der Waals surface area contributed by atoms with Gasteiger partial charge in [-0.05, 0) is 60.2 Å². The molecule has 1 aromatic rings. The number of ether oxygens (including phenoxy) is 1. The molecule has 3 nitrogen and oxygen atoms in total. The highest BCUT2D eigenvalue weighted by molar-refractivity contribution is 9.11. The van der Waals surface area contributed by atoms with Crippen LogP contribution in [0.15, 0.2) is 9.85 Å². The molecule has 0 N–H and O–H groups in total. The van der Waals surface area contributed by atoms with Gasteiger partial charge in [-0.1, -0.05) is 0 Å². The van der Waals surface area contributed by atoms with Crippen molar-refractivity contribution in [1.82, 2.24) is 4.90 Å². The van der Waals surface area contributed by atoms with E-state index in [1.165, 1.54) is 24.2 Å². The Morgan fingerprint density at radius 1 is 1.63 bits per heavy atom. The number of halogens is 1. The lowest BCUT2D eigenvalue weighted by atomic mass is 10.1. The van der Waals surface area contributed by atoms with Crippen molar-refractivity contribution < 1.29 is 9.53 Å². The minimum absolute atomic E-state index is 0.134. The Hall–Kier alpha value is -0.390. The maximum absolute atomic E-state index is 12.6. The first kappa shape index (κ1) is 15.0. The maximum atomic E-state index is 12.6. The third-order valence-electron chi connectivity index (χ3n) is 3.66. The SMILES string of the molecule is COCCN(C(=O)c1cc(C)c(Br)s1)C(C)C1CC1. The molecule has 106 valence electrons. The second-order valence-corrected chi connectivity index (χ2v) is 7.51. The molecule has 0 bridgehead atoms. The van der Waals surface area contributed by atoms with Gasteiger partial charge in [0, 0.05) is 19.7 Å². The van der Waals surface area contributed by atoms with E-state index in [2.05, 4.69) is 22.9 Å². The van der Waals surface area contributed by atoms with Gasteiger partial charge in [0.2, 0.25) is 0 Å². The number of hydrogen-bond acceptors (Lipinski definition) is 3. The van der Waals surface area contributed by atoms with Crippen LogP contribution in [0, 0.1) is 12.8 Å². The van der Waals surface area contributed by atoms with Crippen molar-refractivity contribution in [1.29, 1.82) is 0 Å². The van der Waals surface area contributed by atoms with E-state index in [9.17, 15) is 4.79 Å². The molecular formula is C14H20BrNO2S. The van der Waals surface area contributed by atoms with Gasteiger partial charge in [0.1, 0.15) is 0 Å². The van der Waals surface area contributed by atoms with Crippen LogP contribution in [0.25, 0.3) is 0 Å². The van der Waals surface area contributed by atoms with E-state index in [4.69, 9.17) is 4.74 Å². The summed E-state index contributed by atoms with van der Waals surface area (Å²) in [6.07, 6.45) is 2.48. The fraction of sp³-hybridized carbons (Fsp3) is 0.643. The summed E-state index contributed by atoms with van der Waals surface area (Å²) in [6, 6.07) is 2.28. The van der Waals surface area contributed by atoms with Crippen molar-refractivity contribution in [2.45, 2.75) is 32.7 Å². The Morgan fingerprint density at radius 3 is 2.79 bits per heavy atom. The molecular weight excluding hydrogens is 326 g/mol. The van der Waals surface area contributed by atoms with Gasteiger partial charge in [-0.3, -0.25) is 4.79 Å². The molecule has 1 atom stereocenters. The molecule has 1 saturated carbocycles. The number of carbonyl (C=O) groups is 1. The molecule has 1 heterocycles. The molecule has 0 aromatic carbocycles. The second kappa shape index (κ2) is 6.37. The fourth-order valence-electron chi connectivity index (χ4n) is 2.22. The first-order valence-electron chi connectivity index (χ1n) is 6.60. The Bertz CT molecular complexity index is 437. The standard InChI is InChI=1S/C14H20BrNO2S/c1-9-8-12(19-13(9)15)14(17)16(6-7-18-3)10(2)11-4-5-11/h8,10-11H,4-7H2,1-3H3. The van der Waals surface area contributed by atoms with Crippen LogP contribution in [0.2, 0.25) is 0 Å². The molecule has 1 aromatic heterocycles. The molecule has 1 fully saturated rings. The Labute approximate surface area is 127 Å². The van der Waals surface area contributed by atoms with Crippen molar-refractivity contribution in [3.05, 3.63) is 20.3 Å². The maximum Gasteiger partial charge on any atom is 0.264 e. The lowest BCUT2D eigenvalue weighted by Crippen LogP contribution is -2.41. The zero-order valence-corrected chi connectivity index (χ0v) is 14.0. The quantitative estimate of drug-likeness (QED) is 0.786. The second-order valence-electron chi connectivity index (χ2n) is 5.14. The Morgan fingerprint density at radius 2 is 2.32 bits per heavy atom. The zero-order valence-electron chi connectivity index (χ0n) is 11.6. The monoisotopic (exact) mass is 345 g/mol. The average Bonchev–Trinajstić information content (AvgIpc) is 3.17. The lowest BCUT2D eigenvalue weighted by molar-refractivity contribution is 0.0599. The van der Waals surface area contributed by atoms with E-state index < -0.39 is 0 Å². The van der Waals surface area contributed by atoms with Crippen molar-refractivity contribution in [2.75, 3.05) is 20.3 Å². The Kier molecular flexibility index (Phi) is 5.03. The van der Waals surface area contributed by atoms with Crippen molar-refractivity contribution >= 4 is 33.2 Å². The largest absolute Gasteiger partial charge is 0.383 e. The minimum atomic E-state index is 0.134. The number of aryl methyl sites for hydroxylation is 1. The Balaban J connectivity index is 2.13. The molecule has 0 radical (unpaired) electrons. The van der Waals surface area contributed by atoms with Gasteiger partial charge in [-0.25, -0.2) is 0 Å². The summed E-state index contributed by atoms with van der Waals surface area (Å²) in [5.74, 6) is 0.806. The van der Waals surface area contributed by atoms with E-state index in [0.717, 1.165) is 14.2 Å². The molecule has 0 aliphatic heterocycles. The summed E-state index contributed by atoms with van der Waals surface area (Å²) >= 11 is 5.01. The summed E-state index contributed by atoms with van der Waals surface area (Å²) in [7, 11) is 1.68. The van der Waals surface area contributed by atoms with E-state index in [0.29, 0.717) is 25.1 Å². The number of nitrogens with zero attached hydrogens (tertiary/aromatic N) is 1. The summed E-state index contributed by atoms with van der Waals surface area (Å²) in [4.78, 5) is 15.4. The summed E-state index contributed by atoms with van der Waals surface area (Å²) in [5, 5.41) is 0. The van der Waals surface area contributed by atoms with Gasteiger partial charge in [0.05, 0.1) is 15.3 Å². The highest BCUT2D eigenvalue weighted by atomic mass is 79.9. The van der Waals surface area contributed by atoms with Gasteiger partial charge in [-0.2, -0.15) is 0 Å². The minimum Gasteiger partial charge on any atom is -0.383 e. The third-order valence-corrected chi connectivity index (χ3v) is 5.79. The van der Waals surface area contributed by atoms with E-state index in [-0.39, 0.29) is 5.91 Å². The number of thiophene rings is 1. The smallest absolute Gasteiger partial charge is 0.264 e.